The molecule has 2 rings (SSSR count). The quantitative estimate of drug-likeness (QED) is 0.691. The van der Waals surface area contributed by atoms with E-state index < -0.39 is 28.5 Å². The predicted molar refractivity (Wildman–Crippen MR) is 77.8 cm³/mol. The van der Waals surface area contributed by atoms with Crippen LogP contribution in [0.5, 0.6) is 11.5 Å². The van der Waals surface area contributed by atoms with Crippen molar-refractivity contribution in [3.8, 4) is 11.5 Å². The molecule has 0 saturated carbocycles. The summed E-state index contributed by atoms with van der Waals surface area (Å²) in [4.78, 5) is 24.4. The Bertz CT molecular complexity index is 736. The van der Waals surface area contributed by atoms with E-state index in [0.717, 1.165) is 0 Å². The lowest BCUT2D eigenvalue weighted by Gasteiger charge is -2.17. The Morgan fingerprint density at radius 3 is 2.32 bits per heavy atom. The number of nitrogens with one attached hydrogen (secondary N) is 2. The minimum absolute atomic E-state index is 0.169. The number of urea groups is 1. The number of halogens is 1. The molecule has 2 N–H and O–H groups in total. The summed E-state index contributed by atoms with van der Waals surface area (Å²) in [5, 5.41) is 2.63. The second-order valence-corrected chi connectivity index (χ2v) is 6.66. The molecule has 1 aliphatic rings. The number of sulfonamides is 1. The van der Waals surface area contributed by atoms with Crippen molar-refractivity contribution in [3.63, 3.8) is 0 Å². The molecule has 0 aliphatic carbocycles. The van der Waals surface area contributed by atoms with E-state index >= 15 is 0 Å². The van der Waals surface area contributed by atoms with Crippen molar-refractivity contribution in [1.82, 2.24) is 15.2 Å². The van der Waals surface area contributed by atoms with Gasteiger partial charge in [-0.25, -0.2) is 18.2 Å². The number of hydrogen-bond donors (Lipinski definition) is 2. The molecule has 0 unspecified atom stereocenters. The van der Waals surface area contributed by atoms with Crippen LogP contribution < -0.4 is 19.6 Å². The summed E-state index contributed by atoms with van der Waals surface area (Å²) in [6.07, 6.45) is 0. The van der Waals surface area contributed by atoms with Gasteiger partial charge in [0.05, 0.1) is 14.2 Å². The van der Waals surface area contributed by atoms with E-state index in [1.165, 1.54) is 26.4 Å². The molecule has 1 heterocycles. The predicted octanol–water partition coefficient (Wildman–Crippen LogP) is 0.211. The number of amides is 3. The van der Waals surface area contributed by atoms with Crippen molar-refractivity contribution in [2.75, 3.05) is 20.8 Å². The van der Waals surface area contributed by atoms with Gasteiger partial charge in [0.15, 0.2) is 11.5 Å². The van der Waals surface area contributed by atoms with E-state index in [1.54, 1.807) is 0 Å². The zero-order valence-corrected chi connectivity index (χ0v) is 13.9. The Morgan fingerprint density at radius 2 is 1.82 bits per heavy atom. The van der Waals surface area contributed by atoms with Crippen LogP contribution in [-0.2, 0) is 14.8 Å². The van der Waals surface area contributed by atoms with E-state index in [9.17, 15) is 18.0 Å². The highest BCUT2D eigenvalue weighted by molar-refractivity contribution is 9.10. The number of imide groups is 1. The highest BCUT2D eigenvalue weighted by Gasteiger charge is 2.32. The summed E-state index contributed by atoms with van der Waals surface area (Å²) in [5.41, 5.74) is 0. The zero-order chi connectivity index (χ0) is 16.5. The van der Waals surface area contributed by atoms with Gasteiger partial charge >= 0.3 is 6.03 Å². The Labute approximate surface area is 134 Å². The molecule has 3 amide bonds. The summed E-state index contributed by atoms with van der Waals surface area (Å²) in [5.74, 6) is -0.0606. The average molecular weight is 394 g/mol. The van der Waals surface area contributed by atoms with Crippen LogP contribution in [0, 0.1) is 0 Å². The van der Waals surface area contributed by atoms with E-state index in [0.29, 0.717) is 10.8 Å². The monoisotopic (exact) mass is 393 g/mol. The van der Waals surface area contributed by atoms with Crippen molar-refractivity contribution in [2.45, 2.75) is 4.90 Å². The van der Waals surface area contributed by atoms with Gasteiger partial charge in [0.1, 0.15) is 11.4 Å². The molecule has 1 saturated heterocycles. The second-order valence-electron chi connectivity index (χ2n) is 4.17. The summed E-state index contributed by atoms with van der Waals surface area (Å²) < 4.78 is 35.0. The number of carbonyl (C=O) groups excluding carboxylic acids is 2. The van der Waals surface area contributed by atoms with Gasteiger partial charge in [0.25, 0.3) is 10.0 Å². The molecule has 0 bridgehead atoms. The molecule has 0 radical (unpaired) electrons. The van der Waals surface area contributed by atoms with Crippen LogP contribution in [0.2, 0.25) is 0 Å². The Hall–Kier alpha value is -1.85. The van der Waals surface area contributed by atoms with Crippen LogP contribution in [0.25, 0.3) is 0 Å². The van der Waals surface area contributed by atoms with Crippen molar-refractivity contribution in [3.05, 3.63) is 16.6 Å². The highest BCUT2D eigenvalue weighted by atomic mass is 79.9. The summed E-state index contributed by atoms with van der Waals surface area (Å²) in [6, 6.07) is 1.81. The summed E-state index contributed by atoms with van der Waals surface area (Å²) in [7, 11) is -1.33. The van der Waals surface area contributed by atoms with Crippen LogP contribution in [0.1, 0.15) is 0 Å². The van der Waals surface area contributed by atoms with Gasteiger partial charge in [-0.3, -0.25) is 10.1 Å². The van der Waals surface area contributed by atoms with Gasteiger partial charge in [0, 0.05) is 10.5 Å². The number of carbonyl (C=O) groups is 2. The molecule has 1 fully saturated rings. The smallest absolute Gasteiger partial charge is 0.339 e. The summed E-state index contributed by atoms with van der Waals surface area (Å²) >= 11 is 3.12. The molecule has 0 spiro atoms. The molecule has 9 nitrogen and oxygen atoms in total. The zero-order valence-electron chi connectivity index (χ0n) is 11.5. The van der Waals surface area contributed by atoms with Gasteiger partial charge in [-0.15, -0.1) is 4.83 Å². The van der Waals surface area contributed by atoms with Gasteiger partial charge in [-0.2, -0.15) is 0 Å². The van der Waals surface area contributed by atoms with E-state index in [1.807, 2.05) is 10.1 Å². The molecular formula is C11H12BrN3O6S. The molecule has 22 heavy (non-hydrogen) atoms. The SMILES string of the molecule is COc1cc(Br)c(S(=O)(=O)NN2CC(=O)NC2=O)cc1OC. The Morgan fingerprint density at radius 1 is 1.23 bits per heavy atom. The van der Waals surface area contributed by atoms with Gasteiger partial charge < -0.3 is 9.47 Å². The van der Waals surface area contributed by atoms with Crippen molar-refractivity contribution in [2.24, 2.45) is 0 Å². The van der Waals surface area contributed by atoms with Crippen LogP contribution in [0.4, 0.5) is 4.79 Å². The van der Waals surface area contributed by atoms with E-state index in [4.69, 9.17) is 9.47 Å². The number of methoxy groups -OCH3 is 2. The maximum Gasteiger partial charge on any atom is 0.339 e. The molecule has 120 valence electrons. The highest BCUT2D eigenvalue weighted by Crippen LogP contribution is 2.35. The fourth-order valence-corrected chi connectivity index (χ4v) is 3.83. The van der Waals surface area contributed by atoms with Crippen LogP contribution in [0.15, 0.2) is 21.5 Å². The van der Waals surface area contributed by atoms with Gasteiger partial charge in [-0.1, -0.05) is 0 Å². The van der Waals surface area contributed by atoms with Crippen molar-refractivity contribution >= 4 is 37.9 Å². The molecule has 0 atom stereocenters. The first-order chi connectivity index (χ1) is 10.3. The van der Waals surface area contributed by atoms with Crippen LogP contribution >= 0.6 is 15.9 Å². The first-order valence-corrected chi connectivity index (χ1v) is 8.11. The largest absolute Gasteiger partial charge is 0.493 e. The van der Waals surface area contributed by atoms with E-state index in [2.05, 4.69) is 15.9 Å². The lowest BCUT2D eigenvalue weighted by atomic mass is 10.3. The third kappa shape index (κ3) is 3.15. The number of rotatable bonds is 5. The molecule has 11 heteroatoms. The molecular weight excluding hydrogens is 382 g/mol. The van der Waals surface area contributed by atoms with Crippen LogP contribution in [0.3, 0.4) is 0 Å². The Balaban J connectivity index is 2.37. The molecule has 1 aromatic carbocycles. The lowest BCUT2D eigenvalue weighted by molar-refractivity contribution is -0.118. The number of benzene rings is 1. The van der Waals surface area contributed by atoms with E-state index in [-0.39, 0.29) is 15.1 Å². The number of hydrazine groups is 1. The van der Waals surface area contributed by atoms with Gasteiger partial charge in [-0.05, 0) is 22.0 Å². The standard InChI is InChI=1S/C11H12BrN3O6S/c1-20-7-3-6(12)9(4-8(7)21-2)22(18,19)14-15-5-10(16)13-11(15)17/h3-4,14H,5H2,1-2H3,(H,13,16,17). The maximum atomic E-state index is 12.4. The minimum Gasteiger partial charge on any atom is -0.493 e. The first kappa shape index (κ1) is 16.5. The number of nitrogens with zero attached hydrogens (tertiary/aromatic N) is 1. The minimum atomic E-state index is -4.11. The van der Waals surface area contributed by atoms with Gasteiger partial charge in [0.2, 0.25) is 5.91 Å². The maximum absolute atomic E-state index is 12.4. The van der Waals surface area contributed by atoms with Crippen molar-refractivity contribution < 1.29 is 27.5 Å². The molecule has 0 aromatic heterocycles. The average Bonchev–Trinajstić information content (AvgIpc) is 2.75. The van der Waals surface area contributed by atoms with Crippen molar-refractivity contribution in [1.29, 1.82) is 0 Å². The first-order valence-electron chi connectivity index (χ1n) is 5.84. The Kier molecular flexibility index (Phi) is 4.58. The third-order valence-corrected chi connectivity index (χ3v) is 5.05. The molecule has 1 aromatic rings. The second kappa shape index (κ2) is 6.10. The fourth-order valence-electron chi connectivity index (χ4n) is 1.75. The number of hydrogen-bond acceptors (Lipinski definition) is 6. The third-order valence-electron chi connectivity index (χ3n) is 2.75. The lowest BCUT2D eigenvalue weighted by Crippen LogP contribution is -2.44. The van der Waals surface area contributed by atoms with Crippen LogP contribution in [-0.4, -0.2) is 46.1 Å². The summed E-state index contributed by atoms with van der Waals surface area (Å²) in [6.45, 7) is -0.400. The normalized spacial score (nSPS) is 15.0. The number of ether oxygens (including phenoxy) is 2. The fraction of sp³-hybridized carbons (Fsp3) is 0.273. The topological polar surface area (TPSA) is 114 Å². The molecule has 1 aliphatic heterocycles.